The number of nitrogens with zero attached hydrogens (tertiary/aromatic N) is 1. The van der Waals surface area contributed by atoms with Gasteiger partial charge in [-0.2, -0.15) is 13.2 Å². The molecule has 0 atom stereocenters. The van der Waals surface area contributed by atoms with Crippen molar-refractivity contribution in [3.05, 3.63) is 72.6 Å². The second-order valence-electron chi connectivity index (χ2n) is 5.33. The summed E-state index contributed by atoms with van der Waals surface area (Å²) in [7, 11) is 1.55. The Kier molecular flexibility index (Phi) is 4.01. The number of pyridine rings is 1. The van der Waals surface area contributed by atoms with Crippen molar-refractivity contribution >= 4 is 16.5 Å². The molecule has 0 aliphatic carbocycles. The third-order valence-corrected chi connectivity index (χ3v) is 3.85. The first-order valence-corrected chi connectivity index (χ1v) is 7.19. The molecule has 0 unspecified atom stereocenters. The first kappa shape index (κ1) is 16.1. The largest absolute Gasteiger partial charge is 0.497 e. The minimum atomic E-state index is -4.34. The molecule has 0 aliphatic rings. The molecule has 0 N–H and O–H groups in total. The van der Waals surface area contributed by atoms with Crippen molar-refractivity contribution < 1.29 is 17.9 Å². The maximum absolute atomic E-state index is 12.7. The van der Waals surface area contributed by atoms with Crippen LogP contribution >= 0.6 is 0 Å². The molecule has 0 bridgehead atoms. The molecule has 24 heavy (non-hydrogen) atoms. The molecule has 3 aromatic rings. The zero-order valence-corrected chi connectivity index (χ0v) is 12.9. The molecule has 2 nitrogen and oxygen atoms in total. The lowest BCUT2D eigenvalue weighted by molar-refractivity contribution is -0.137. The average molecular weight is 329 g/mol. The van der Waals surface area contributed by atoms with Crippen molar-refractivity contribution in [2.45, 2.75) is 6.18 Å². The second-order valence-corrected chi connectivity index (χ2v) is 5.33. The first-order chi connectivity index (χ1) is 11.4. The van der Waals surface area contributed by atoms with Crippen LogP contribution in [0.4, 0.5) is 13.2 Å². The Morgan fingerprint density at radius 1 is 1.04 bits per heavy atom. The molecule has 0 aliphatic heterocycles. The number of rotatable bonds is 3. The van der Waals surface area contributed by atoms with E-state index >= 15 is 0 Å². The van der Waals surface area contributed by atoms with E-state index in [9.17, 15) is 13.2 Å². The Hall–Kier alpha value is -2.82. The van der Waals surface area contributed by atoms with E-state index in [1.807, 2.05) is 18.2 Å². The number of halogens is 3. The number of ether oxygens (including phenoxy) is 1. The molecule has 3 rings (SSSR count). The molecule has 0 saturated carbocycles. The van der Waals surface area contributed by atoms with E-state index in [-0.39, 0.29) is 0 Å². The summed E-state index contributed by atoms with van der Waals surface area (Å²) in [5.41, 5.74) is 1.62. The molecule has 2 aromatic carbocycles. The van der Waals surface area contributed by atoms with Crippen molar-refractivity contribution in [1.82, 2.24) is 4.98 Å². The molecular formula is C19H14F3NO. The summed E-state index contributed by atoms with van der Waals surface area (Å²) in [6.07, 6.45) is -0.990. The van der Waals surface area contributed by atoms with E-state index in [2.05, 4.69) is 11.6 Å². The van der Waals surface area contributed by atoms with E-state index in [4.69, 9.17) is 4.74 Å². The van der Waals surface area contributed by atoms with Crippen LogP contribution in [0.1, 0.15) is 11.1 Å². The van der Waals surface area contributed by atoms with Gasteiger partial charge in [-0.15, -0.1) is 0 Å². The van der Waals surface area contributed by atoms with Crippen LogP contribution in [0.2, 0.25) is 0 Å². The number of methoxy groups -OCH3 is 1. The van der Waals surface area contributed by atoms with Crippen LogP contribution in [0.15, 0.2) is 61.4 Å². The summed E-state index contributed by atoms with van der Waals surface area (Å²) in [5, 5.41) is 1.76. The average Bonchev–Trinajstić information content (AvgIpc) is 2.59. The molecule has 0 amide bonds. The lowest BCUT2D eigenvalue weighted by Crippen LogP contribution is -2.04. The van der Waals surface area contributed by atoms with E-state index < -0.39 is 11.7 Å². The maximum atomic E-state index is 12.7. The smallest absolute Gasteiger partial charge is 0.416 e. The number of alkyl halides is 3. The standard InChI is InChI=1S/C19H14F3NO/c1-12(24-2)14-5-8-17-15(9-14)10-23-11-18(17)13-3-6-16(7-4-13)19(20,21)22/h3-11H,1H2,2H3. The number of hydrogen-bond acceptors (Lipinski definition) is 2. The highest BCUT2D eigenvalue weighted by molar-refractivity contribution is 5.97. The highest BCUT2D eigenvalue weighted by Gasteiger charge is 2.30. The second kappa shape index (κ2) is 6.00. The summed E-state index contributed by atoms with van der Waals surface area (Å²) in [6, 6.07) is 10.7. The van der Waals surface area contributed by atoms with Crippen LogP contribution in [0, 0.1) is 0 Å². The number of benzene rings is 2. The van der Waals surface area contributed by atoms with Crippen molar-refractivity contribution in [3.63, 3.8) is 0 Å². The Morgan fingerprint density at radius 3 is 2.38 bits per heavy atom. The molecule has 122 valence electrons. The number of fused-ring (bicyclic) bond motifs is 1. The molecule has 5 heteroatoms. The summed E-state index contributed by atoms with van der Waals surface area (Å²) in [5.74, 6) is 0.539. The van der Waals surface area contributed by atoms with Crippen molar-refractivity contribution in [3.8, 4) is 11.1 Å². The Labute approximate surface area is 137 Å². The fourth-order valence-electron chi connectivity index (χ4n) is 2.54. The van der Waals surface area contributed by atoms with E-state index in [0.29, 0.717) is 11.3 Å². The van der Waals surface area contributed by atoms with Crippen LogP contribution in [-0.2, 0) is 10.9 Å². The molecule has 0 spiro atoms. The molecule has 0 radical (unpaired) electrons. The molecule has 0 fully saturated rings. The van der Waals surface area contributed by atoms with Gasteiger partial charge in [0, 0.05) is 28.9 Å². The number of hydrogen-bond donors (Lipinski definition) is 0. The van der Waals surface area contributed by atoms with Crippen LogP contribution in [-0.4, -0.2) is 12.1 Å². The Bertz CT molecular complexity index is 899. The SMILES string of the molecule is C=C(OC)c1ccc2c(-c3ccc(C(F)(F)F)cc3)cncc2c1. The van der Waals surface area contributed by atoms with Crippen molar-refractivity contribution in [1.29, 1.82) is 0 Å². The molecule has 1 aromatic heterocycles. The summed E-state index contributed by atoms with van der Waals surface area (Å²) in [6.45, 7) is 3.81. The molecule has 1 heterocycles. The van der Waals surface area contributed by atoms with Gasteiger partial charge in [0.15, 0.2) is 0 Å². The lowest BCUT2D eigenvalue weighted by Gasteiger charge is -2.11. The van der Waals surface area contributed by atoms with Gasteiger partial charge in [0.05, 0.1) is 12.7 Å². The minimum absolute atomic E-state index is 0.539. The number of aromatic nitrogens is 1. The van der Waals surface area contributed by atoms with Gasteiger partial charge in [0.1, 0.15) is 5.76 Å². The van der Waals surface area contributed by atoms with Crippen LogP contribution in [0.25, 0.3) is 27.7 Å². The van der Waals surface area contributed by atoms with E-state index in [1.54, 1.807) is 19.5 Å². The van der Waals surface area contributed by atoms with Gasteiger partial charge in [-0.25, -0.2) is 0 Å². The highest BCUT2D eigenvalue weighted by atomic mass is 19.4. The van der Waals surface area contributed by atoms with Crippen LogP contribution in [0.3, 0.4) is 0 Å². The lowest BCUT2D eigenvalue weighted by atomic mass is 9.98. The van der Waals surface area contributed by atoms with Gasteiger partial charge in [-0.05, 0) is 29.1 Å². The first-order valence-electron chi connectivity index (χ1n) is 7.19. The maximum Gasteiger partial charge on any atom is 0.416 e. The normalized spacial score (nSPS) is 11.5. The Balaban J connectivity index is 2.08. The van der Waals surface area contributed by atoms with Gasteiger partial charge in [-0.3, -0.25) is 4.98 Å². The topological polar surface area (TPSA) is 22.1 Å². The third-order valence-electron chi connectivity index (χ3n) is 3.85. The predicted molar refractivity (Wildman–Crippen MR) is 88.2 cm³/mol. The predicted octanol–water partition coefficient (Wildman–Crippen LogP) is 5.54. The van der Waals surface area contributed by atoms with E-state index in [0.717, 1.165) is 34.0 Å². The van der Waals surface area contributed by atoms with Gasteiger partial charge >= 0.3 is 6.18 Å². The summed E-state index contributed by atoms with van der Waals surface area (Å²) in [4.78, 5) is 4.19. The van der Waals surface area contributed by atoms with Gasteiger partial charge in [-0.1, -0.05) is 30.8 Å². The zero-order chi connectivity index (χ0) is 17.3. The van der Waals surface area contributed by atoms with Gasteiger partial charge < -0.3 is 4.74 Å². The van der Waals surface area contributed by atoms with Crippen LogP contribution < -0.4 is 0 Å². The summed E-state index contributed by atoms with van der Waals surface area (Å²) < 4.78 is 43.2. The van der Waals surface area contributed by atoms with Gasteiger partial charge in [0.25, 0.3) is 0 Å². The minimum Gasteiger partial charge on any atom is -0.497 e. The highest BCUT2D eigenvalue weighted by Crippen LogP contribution is 2.33. The van der Waals surface area contributed by atoms with Crippen molar-refractivity contribution in [2.75, 3.05) is 7.11 Å². The zero-order valence-electron chi connectivity index (χ0n) is 12.9. The van der Waals surface area contributed by atoms with Gasteiger partial charge in [0.2, 0.25) is 0 Å². The van der Waals surface area contributed by atoms with Crippen LogP contribution in [0.5, 0.6) is 0 Å². The molecule has 0 saturated heterocycles. The fourth-order valence-corrected chi connectivity index (χ4v) is 2.54. The Morgan fingerprint density at radius 2 is 1.75 bits per heavy atom. The quantitative estimate of drug-likeness (QED) is 0.589. The van der Waals surface area contributed by atoms with E-state index in [1.165, 1.54) is 12.1 Å². The van der Waals surface area contributed by atoms with Crippen molar-refractivity contribution in [2.24, 2.45) is 0 Å². The third kappa shape index (κ3) is 2.97. The summed E-state index contributed by atoms with van der Waals surface area (Å²) >= 11 is 0. The fraction of sp³-hybridized carbons (Fsp3) is 0.105. The monoisotopic (exact) mass is 329 g/mol. The molecular weight excluding hydrogens is 315 g/mol.